The zero-order chi connectivity index (χ0) is 16.4. The monoisotopic (exact) mass is 350 g/mol. The number of nitrogens with one attached hydrogen (secondary N) is 1. The summed E-state index contributed by atoms with van der Waals surface area (Å²) < 4.78 is 2.58. The maximum absolute atomic E-state index is 9.77. The molecule has 1 aliphatic rings. The Morgan fingerprint density at radius 2 is 2.22 bits per heavy atom. The summed E-state index contributed by atoms with van der Waals surface area (Å²) in [5.41, 5.74) is 3.55. The molecule has 0 saturated carbocycles. The minimum atomic E-state index is -0.232. The van der Waals surface area contributed by atoms with Gasteiger partial charge in [-0.05, 0) is 62.2 Å². The van der Waals surface area contributed by atoms with Gasteiger partial charge in [-0.15, -0.1) is 5.10 Å². The molecule has 7 heteroatoms. The van der Waals surface area contributed by atoms with Crippen molar-refractivity contribution in [1.29, 1.82) is 0 Å². The zero-order valence-corrected chi connectivity index (χ0v) is 15.1. The summed E-state index contributed by atoms with van der Waals surface area (Å²) in [7, 11) is 0. The maximum Gasteiger partial charge on any atom is 0.209 e. The van der Waals surface area contributed by atoms with Crippen molar-refractivity contribution in [3.63, 3.8) is 0 Å². The van der Waals surface area contributed by atoms with Crippen LogP contribution in [0.2, 0.25) is 0 Å². The topological polar surface area (TPSA) is 53.3 Å². The fourth-order valence-corrected chi connectivity index (χ4v) is 3.75. The van der Waals surface area contributed by atoms with Crippen LogP contribution in [0.15, 0.2) is 18.2 Å². The third kappa shape index (κ3) is 4.17. The molecule has 0 radical (unpaired) electrons. The van der Waals surface area contributed by atoms with Gasteiger partial charge in [-0.25, -0.2) is 4.68 Å². The van der Waals surface area contributed by atoms with Crippen molar-refractivity contribution < 1.29 is 5.11 Å². The van der Waals surface area contributed by atoms with Crippen LogP contribution < -0.4 is 5.32 Å². The normalized spacial score (nSPS) is 19.0. The predicted molar refractivity (Wildman–Crippen MR) is 97.0 cm³/mol. The Morgan fingerprint density at radius 3 is 2.96 bits per heavy atom. The minimum Gasteiger partial charge on any atom is -0.392 e. The van der Waals surface area contributed by atoms with E-state index in [4.69, 9.17) is 12.2 Å². The number of aliphatic hydroxyl groups excluding tert-OH is 1. The number of aliphatic hydroxyl groups is 1. The highest BCUT2D eigenvalue weighted by atomic mass is 32.1. The standard InChI is InChI=1S/C16H22N4OS2/c1-11-5-6-13(8-12(11)2)17-15-18-20(16(22)23-15)10-19-7-3-4-14(21)9-19/h5-6,8,14,21H,3-4,7,9-10H2,1-2H3,(H,17,18)/t14-/m1/s1. The molecule has 2 aromatic rings. The highest BCUT2D eigenvalue weighted by Gasteiger charge is 2.18. The number of β-amino-alcohol motifs (C(OH)–C–C–N with tert-alkyl or cyclic N) is 1. The second-order valence-corrected chi connectivity index (χ2v) is 7.73. The first kappa shape index (κ1) is 16.6. The Kier molecular flexibility index (Phi) is 5.11. The van der Waals surface area contributed by atoms with Crippen molar-refractivity contribution in [1.82, 2.24) is 14.7 Å². The predicted octanol–water partition coefficient (Wildman–Crippen LogP) is 3.45. The molecule has 0 unspecified atom stereocenters. The van der Waals surface area contributed by atoms with E-state index in [1.165, 1.54) is 22.5 Å². The van der Waals surface area contributed by atoms with Crippen molar-refractivity contribution in [3.8, 4) is 0 Å². The number of likely N-dealkylation sites (tertiary alicyclic amines) is 1. The third-order valence-corrected chi connectivity index (χ3v) is 5.40. The first-order valence-corrected chi connectivity index (χ1v) is 9.06. The Labute approximate surface area is 145 Å². The quantitative estimate of drug-likeness (QED) is 0.827. The van der Waals surface area contributed by atoms with Crippen molar-refractivity contribution in [3.05, 3.63) is 33.3 Å². The van der Waals surface area contributed by atoms with Crippen LogP contribution in [0.25, 0.3) is 0 Å². The number of aromatic nitrogens is 2. The van der Waals surface area contributed by atoms with Gasteiger partial charge < -0.3 is 10.4 Å². The summed E-state index contributed by atoms with van der Waals surface area (Å²) in [5, 5.41) is 18.5. The minimum absolute atomic E-state index is 0.232. The smallest absolute Gasteiger partial charge is 0.209 e. The molecule has 1 aromatic heterocycles. The molecule has 2 N–H and O–H groups in total. The highest BCUT2D eigenvalue weighted by molar-refractivity contribution is 7.73. The van der Waals surface area contributed by atoms with Gasteiger partial charge in [-0.2, -0.15) is 0 Å². The van der Waals surface area contributed by atoms with Crippen molar-refractivity contribution in [2.75, 3.05) is 18.4 Å². The number of hydrogen-bond donors (Lipinski definition) is 2. The van der Waals surface area contributed by atoms with Crippen LogP contribution in [0.3, 0.4) is 0 Å². The van der Waals surface area contributed by atoms with Gasteiger partial charge in [0.25, 0.3) is 0 Å². The highest BCUT2D eigenvalue weighted by Crippen LogP contribution is 2.23. The molecule has 0 amide bonds. The average Bonchev–Trinajstić information content (AvgIpc) is 2.83. The molecule has 1 fully saturated rings. The fraction of sp³-hybridized carbons (Fsp3) is 0.500. The van der Waals surface area contributed by atoms with E-state index < -0.39 is 0 Å². The summed E-state index contributed by atoms with van der Waals surface area (Å²) in [6, 6.07) is 6.27. The lowest BCUT2D eigenvalue weighted by Gasteiger charge is -2.29. The molecule has 3 rings (SSSR count). The number of rotatable bonds is 4. The van der Waals surface area contributed by atoms with E-state index in [1.54, 1.807) is 0 Å². The zero-order valence-electron chi connectivity index (χ0n) is 13.5. The van der Waals surface area contributed by atoms with E-state index in [2.05, 4.69) is 47.4 Å². The molecule has 0 aliphatic carbocycles. The molecule has 1 aliphatic heterocycles. The summed E-state index contributed by atoms with van der Waals surface area (Å²) in [4.78, 5) is 2.20. The SMILES string of the molecule is Cc1ccc(Nc2nn(CN3CCC[C@@H](O)C3)c(=S)s2)cc1C. The van der Waals surface area contributed by atoms with E-state index in [9.17, 15) is 5.11 Å². The van der Waals surface area contributed by atoms with Crippen molar-refractivity contribution in [2.45, 2.75) is 39.5 Å². The van der Waals surface area contributed by atoms with Gasteiger partial charge in [0, 0.05) is 18.8 Å². The van der Waals surface area contributed by atoms with Gasteiger partial charge in [0.05, 0.1) is 12.8 Å². The van der Waals surface area contributed by atoms with Crippen LogP contribution in [0.1, 0.15) is 24.0 Å². The van der Waals surface area contributed by atoms with Crippen LogP contribution in [0.5, 0.6) is 0 Å². The molecule has 23 heavy (non-hydrogen) atoms. The number of aryl methyl sites for hydroxylation is 2. The second kappa shape index (κ2) is 7.09. The molecule has 2 heterocycles. The van der Waals surface area contributed by atoms with E-state index in [-0.39, 0.29) is 6.10 Å². The van der Waals surface area contributed by atoms with Gasteiger partial charge in [0.15, 0.2) is 3.95 Å². The second-order valence-electron chi connectivity index (χ2n) is 6.11. The number of benzene rings is 1. The summed E-state index contributed by atoms with van der Waals surface area (Å²) in [6.07, 6.45) is 1.68. The van der Waals surface area contributed by atoms with Crippen molar-refractivity contribution in [2.24, 2.45) is 0 Å². The Hall–Kier alpha value is -1.28. The van der Waals surface area contributed by atoms with E-state index in [1.807, 2.05) is 4.68 Å². The van der Waals surface area contributed by atoms with Crippen LogP contribution in [0.4, 0.5) is 10.8 Å². The molecule has 124 valence electrons. The molecular formula is C16H22N4OS2. The Balaban J connectivity index is 1.70. The summed E-state index contributed by atoms with van der Waals surface area (Å²) in [5.74, 6) is 0. The van der Waals surface area contributed by atoms with Gasteiger partial charge in [-0.3, -0.25) is 4.90 Å². The molecule has 0 spiro atoms. The molecule has 1 atom stereocenters. The van der Waals surface area contributed by atoms with Crippen molar-refractivity contribution >= 4 is 34.4 Å². The number of anilines is 2. The fourth-order valence-electron chi connectivity index (χ4n) is 2.74. The van der Waals surface area contributed by atoms with Gasteiger partial charge in [0.2, 0.25) is 5.13 Å². The third-order valence-electron chi connectivity index (χ3n) is 4.18. The largest absolute Gasteiger partial charge is 0.392 e. The number of hydrogen-bond acceptors (Lipinski definition) is 6. The van der Waals surface area contributed by atoms with Gasteiger partial charge >= 0.3 is 0 Å². The van der Waals surface area contributed by atoms with E-state index in [0.717, 1.165) is 34.2 Å². The lowest BCUT2D eigenvalue weighted by atomic mass is 10.1. The molecule has 5 nitrogen and oxygen atoms in total. The maximum atomic E-state index is 9.77. The Bertz CT molecular complexity index is 740. The van der Waals surface area contributed by atoms with Gasteiger partial charge in [0.1, 0.15) is 0 Å². The first-order valence-electron chi connectivity index (χ1n) is 7.84. The first-order chi connectivity index (χ1) is 11.0. The number of nitrogens with zero attached hydrogens (tertiary/aromatic N) is 3. The number of piperidine rings is 1. The Morgan fingerprint density at radius 1 is 1.39 bits per heavy atom. The van der Waals surface area contributed by atoms with Crippen LogP contribution >= 0.6 is 23.6 Å². The van der Waals surface area contributed by atoms with E-state index in [0.29, 0.717) is 13.2 Å². The lowest BCUT2D eigenvalue weighted by Crippen LogP contribution is -2.39. The summed E-state index contributed by atoms with van der Waals surface area (Å²) in [6.45, 7) is 6.52. The van der Waals surface area contributed by atoms with Gasteiger partial charge in [-0.1, -0.05) is 17.4 Å². The van der Waals surface area contributed by atoms with E-state index >= 15 is 0 Å². The van der Waals surface area contributed by atoms with Crippen LogP contribution in [-0.2, 0) is 6.67 Å². The molecule has 0 bridgehead atoms. The van der Waals surface area contributed by atoms with Crippen LogP contribution in [-0.4, -0.2) is 39.0 Å². The van der Waals surface area contributed by atoms with Crippen LogP contribution in [0, 0.1) is 17.8 Å². The average molecular weight is 351 g/mol. The molecule has 1 aromatic carbocycles. The summed E-state index contributed by atoms with van der Waals surface area (Å²) >= 11 is 6.90. The molecular weight excluding hydrogens is 328 g/mol. The lowest BCUT2D eigenvalue weighted by molar-refractivity contribution is 0.0516. The molecule has 1 saturated heterocycles.